The summed E-state index contributed by atoms with van der Waals surface area (Å²) in [5.74, 6) is -0.422. The van der Waals surface area contributed by atoms with Crippen LogP contribution in [0.25, 0.3) is 0 Å². The van der Waals surface area contributed by atoms with Gasteiger partial charge in [0.05, 0.1) is 37.9 Å². The summed E-state index contributed by atoms with van der Waals surface area (Å²) in [6.45, 7) is 6.52. The Morgan fingerprint density at radius 2 is 1.67 bits per heavy atom. The lowest BCUT2D eigenvalue weighted by Crippen LogP contribution is -2.42. The van der Waals surface area contributed by atoms with E-state index in [2.05, 4.69) is 31.3 Å². The maximum Gasteiger partial charge on any atom is 0.330 e. The second kappa shape index (κ2) is 18.3. The highest BCUT2D eigenvalue weighted by molar-refractivity contribution is 5.82. The van der Waals surface area contributed by atoms with Crippen molar-refractivity contribution in [3.05, 3.63) is 48.1 Å². The van der Waals surface area contributed by atoms with E-state index in [9.17, 15) is 14.4 Å². The number of rotatable bonds is 6. The van der Waals surface area contributed by atoms with E-state index in [0.717, 1.165) is 63.6 Å². The molecule has 0 aromatic rings. The standard InChI is InChI=1S/C36H54N2O7/c1-26-15-16-27(2)33(14-7-4-5-8-17-37-36(41)38-18-9-6-10-19-38)45-35(40)25-32-22-28(23-34(39)42-3)21-31(44-32)24-30-13-11-12-29(20-26)43-30/h4-5,7,14-16,23,26-27,29-33H,6,8-13,17-22,24-25H2,1-3H3,(H,37,41)/b5-4-,14-7+,16-15+,28-23-. The molecule has 2 amide bonds. The fraction of sp³-hybridized carbons (Fsp3) is 0.694. The summed E-state index contributed by atoms with van der Waals surface area (Å²) in [7, 11) is 1.37. The lowest BCUT2D eigenvalue weighted by molar-refractivity contribution is -0.154. The number of likely N-dealkylation sites (tertiary alicyclic amines) is 1. The number of carbonyl (C=O) groups excluding carboxylic acids is 3. The normalized spacial score (nSPS) is 33.6. The predicted octanol–water partition coefficient (Wildman–Crippen LogP) is 6.19. The number of ether oxygens (including phenoxy) is 4. The average Bonchev–Trinajstić information content (AvgIpc) is 3.02. The van der Waals surface area contributed by atoms with Crippen LogP contribution in [0.2, 0.25) is 0 Å². The summed E-state index contributed by atoms with van der Waals surface area (Å²) in [4.78, 5) is 39.5. The first-order valence-corrected chi connectivity index (χ1v) is 17.1. The molecule has 0 aromatic carbocycles. The van der Waals surface area contributed by atoms with Crippen molar-refractivity contribution in [1.82, 2.24) is 10.2 Å². The quantitative estimate of drug-likeness (QED) is 0.123. The highest BCUT2D eigenvalue weighted by Crippen LogP contribution is 2.33. The monoisotopic (exact) mass is 626 g/mol. The molecule has 4 aliphatic rings. The smallest absolute Gasteiger partial charge is 0.330 e. The first kappa shape index (κ1) is 35.0. The lowest BCUT2D eigenvalue weighted by Gasteiger charge is -2.37. The number of hydrogen-bond acceptors (Lipinski definition) is 7. The van der Waals surface area contributed by atoms with E-state index in [0.29, 0.717) is 31.7 Å². The number of urea groups is 1. The lowest BCUT2D eigenvalue weighted by atomic mass is 9.89. The molecular formula is C36H54N2O7. The zero-order valence-electron chi connectivity index (χ0n) is 27.5. The maximum absolute atomic E-state index is 13.3. The molecule has 0 saturated carbocycles. The molecule has 7 unspecified atom stereocenters. The van der Waals surface area contributed by atoms with Crippen molar-refractivity contribution in [2.75, 3.05) is 26.7 Å². The molecule has 1 N–H and O–H groups in total. The van der Waals surface area contributed by atoms with Crippen LogP contribution in [-0.2, 0) is 28.5 Å². The zero-order chi connectivity index (χ0) is 32.0. The number of piperidine rings is 1. The first-order chi connectivity index (χ1) is 21.8. The third-order valence-corrected chi connectivity index (χ3v) is 9.19. The summed E-state index contributed by atoms with van der Waals surface area (Å²) in [5.41, 5.74) is 0.933. The number of nitrogens with one attached hydrogen (secondary N) is 1. The molecule has 7 atom stereocenters. The Hall–Kier alpha value is -2.91. The van der Waals surface area contributed by atoms with Gasteiger partial charge in [-0.1, -0.05) is 49.8 Å². The Labute approximate surface area is 269 Å². The van der Waals surface area contributed by atoms with Crippen LogP contribution in [0.5, 0.6) is 0 Å². The maximum atomic E-state index is 13.3. The third kappa shape index (κ3) is 12.1. The molecule has 4 rings (SSSR count). The number of nitrogens with zero attached hydrogens (tertiary/aromatic N) is 1. The van der Waals surface area contributed by atoms with Crippen molar-refractivity contribution in [2.24, 2.45) is 11.8 Å². The highest BCUT2D eigenvalue weighted by Gasteiger charge is 2.33. The highest BCUT2D eigenvalue weighted by atomic mass is 16.6. The van der Waals surface area contributed by atoms with Crippen LogP contribution in [0.1, 0.15) is 90.9 Å². The van der Waals surface area contributed by atoms with Crippen LogP contribution >= 0.6 is 0 Å². The van der Waals surface area contributed by atoms with Crippen LogP contribution in [0.15, 0.2) is 48.1 Å². The number of allylic oxidation sites excluding steroid dienone is 3. The van der Waals surface area contributed by atoms with Crippen LogP contribution in [0.3, 0.4) is 0 Å². The summed E-state index contributed by atoms with van der Waals surface area (Å²) in [6, 6.07) is 0.0162. The second-order valence-corrected chi connectivity index (χ2v) is 13.2. The molecule has 45 heavy (non-hydrogen) atoms. The zero-order valence-corrected chi connectivity index (χ0v) is 27.5. The molecule has 3 fully saturated rings. The van der Waals surface area contributed by atoms with Gasteiger partial charge in [-0.3, -0.25) is 4.79 Å². The van der Waals surface area contributed by atoms with Gasteiger partial charge < -0.3 is 29.2 Å². The van der Waals surface area contributed by atoms with Crippen molar-refractivity contribution in [1.29, 1.82) is 0 Å². The first-order valence-electron chi connectivity index (χ1n) is 17.1. The van der Waals surface area contributed by atoms with E-state index in [4.69, 9.17) is 18.9 Å². The molecule has 0 aromatic heterocycles. The minimum absolute atomic E-state index is 0.0162. The largest absolute Gasteiger partial charge is 0.466 e. The van der Waals surface area contributed by atoms with Gasteiger partial charge in [0.25, 0.3) is 0 Å². The van der Waals surface area contributed by atoms with Gasteiger partial charge >= 0.3 is 18.0 Å². The van der Waals surface area contributed by atoms with E-state index in [1.165, 1.54) is 13.5 Å². The van der Waals surface area contributed by atoms with Gasteiger partial charge in [-0.2, -0.15) is 0 Å². The molecule has 0 radical (unpaired) electrons. The molecule has 4 aliphatic heterocycles. The molecule has 9 nitrogen and oxygen atoms in total. The number of amides is 2. The minimum atomic E-state index is -0.447. The van der Waals surface area contributed by atoms with Crippen LogP contribution in [0.4, 0.5) is 4.79 Å². The summed E-state index contributed by atoms with van der Waals surface area (Å²) in [5, 5.41) is 3.00. The number of cyclic esters (lactones) is 1. The second-order valence-electron chi connectivity index (χ2n) is 13.2. The topological polar surface area (TPSA) is 103 Å². The summed E-state index contributed by atoms with van der Waals surface area (Å²) >= 11 is 0. The molecule has 9 heteroatoms. The minimum Gasteiger partial charge on any atom is -0.466 e. The number of carbonyl (C=O) groups is 3. The van der Waals surface area contributed by atoms with Gasteiger partial charge in [-0.15, -0.1) is 0 Å². The van der Waals surface area contributed by atoms with E-state index >= 15 is 0 Å². The Balaban J connectivity index is 1.40. The Kier molecular flexibility index (Phi) is 14.2. The fourth-order valence-electron chi connectivity index (χ4n) is 6.76. The van der Waals surface area contributed by atoms with E-state index in [1.54, 1.807) is 6.08 Å². The fourth-order valence-corrected chi connectivity index (χ4v) is 6.76. The number of fused-ring (bicyclic) bond motifs is 4. The van der Waals surface area contributed by atoms with E-state index < -0.39 is 6.10 Å². The predicted molar refractivity (Wildman–Crippen MR) is 173 cm³/mol. The van der Waals surface area contributed by atoms with Crippen LogP contribution in [0, 0.1) is 11.8 Å². The Morgan fingerprint density at radius 1 is 0.933 bits per heavy atom. The Bertz CT molecular complexity index is 1090. The van der Waals surface area contributed by atoms with E-state index in [-0.39, 0.29) is 54.7 Å². The molecule has 250 valence electrons. The number of hydrogen-bond donors (Lipinski definition) is 1. The van der Waals surface area contributed by atoms with Crippen LogP contribution in [-0.4, -0.2) is 80.1 Å². The number of esters is 2. The van der Waals surface area contributed by atoms with Gasteiger partial charge in [0.2, 0.25) is 0 Å². The van der Waals surface area contributed by atoms with Crippen molar-refractivity contribution in [3.63, 3.8) is 0 Å². The van der Waals surface area contributed by atoms with Gasteiger partial charge in [0, 0.05) is 38.0 Å². The summed E-state index contributed by atoms with van der Waals surface area (Å²) < 4.78 is 23.9. The molecule has 4 heterocycles. The molecular weight excluding hydrogens is 572 g/mol. The van der Waals surface area contributed by atoms with E-state index in [1.807, 2.05) is 29.2 Å². The van der Waals surface area contributed by atoms with Crippen molar-refractivity contribution in [2.45, 2.75) is 121 Å². The van der Waals surface area contributed by atoms with Crippen molar-refractivity contribution >= 4 is 18.0 Å². The molecule has 4 bridgehead atoms. The third-order valence-electron chi connectivity index (χ3n) is 9.19. The van der Waals surface area contributed by atoms with Gasteiger partial charge in [0.15, 0.2) is 0 Å². The van der Waals surface area contributed by atoms with Crippen LogP contribution < -0.4 is 5.32 Å². The number of methoxy groups -OCH3 is 1. The van der Waals surface area contributed by atoms with Gasteiger partial charge in [-0.25, -0.2) is 9.59 Å². The Morgan fingerprint density at radius 3 is 2.44 bits per heavy atom. The van der Waals surface area contributed by atoms with Gasteiger partial charge in [0.1, 0.15) is 6.10 Å². The van der Waals surface area contributed by atoms with Crippen molar-refractivity contribution < 1.29 is 33.3 Å². The average molecular weight is 627 g/mol. The van der Waals surface area contributed by atoms with Crippen molar-refractivity contribution in [3.8, 4) is 0 Å². The molecule has 0 spiro atoms. The van der Waals surface area contributed by atoms with Gasteiger partial charge in [-0.05, 0) is 76.2 Å². The summed E-state index contributed by atoms with van der Waals surface area (Å²) in [6.07, 6.45) is 23.2. The molecule has 3 saturated heterocycles. The SMILES string of the molecule is COC(=O)/C=C1\CC2CC(=O)OC(/C=C/C=C\CCNC(=O)N3CCCCC3)C(C)/C=C/C(C)CC3CCCC(CC(C1)O2)O3. The molecule has 0 aliphatic carbocycles.